The summed E-state index contributed by atoms with van der Waals surface area (Å²) in [4.78, 5) is 5.00. The van der Waals surface area contributed by atoms with Crippen LogP contribution in [-0.2, 0) is 9.57 Å². The summed E-state index contributed by atoms with van der Waals surface area (Å²) in [6.07, 6.45) is 10.2. The van der Waals surface area contributed by atoms with Gasteiger partial charge in [0, 0.05) is 12.0 Å². The number of nitrogens with one attached hydrogen (secondary N) is 1. The van der Waals surface area contributed by atoms with Gasteiger partial charge in [0.25, 0.3) is 0 Å². The summed E-state index contributed by atoms with van der Waals surface area (Å²) >= 11 is 0. The zero-order valence-corrected chi connectivity index (χ0v) is 21.6. The lowest BCUT2D eigenvalue weighted by molar-refractivity contribution is -0.0366. The van der Waals surface area contributed by atoms with E-state index < -0.39 is 0 Å². The van der Waals surface area contributed by atoms with Crippen LogP contribution in [-0.4, -0.2) is 29.0 Å². The van der Waals surface area contributed by atoms with Crippen molar-refractivity contribution in [3.05, 3.63) is 107 Å². The monoisotopic (exact) mass is 504 g/mol. The number of fused-ring (bicyclic) bond motifs is 1. The van der Waals surface area contributed by atoms with E-state index in [4.69, 9.17) is 14.7 Å². The molecule has 0 amide bonds. The Morgan fingerprint density at radius 1 is 0.974 bits per heavy atom. The second-order valence-corrected chi connectivity index (χ2v) is 9.64. The van der Waals surface area contributed by atoms with E-state index >= 15 is 0 Å². The van der Waals surface area contributed by atoms with Crippen molar-refractivity contribution >= 4 is 34.0 Å². The molecule has 0 aliphatic carbocycles. The molecule has 1 fully saturated rings. The molecule has 0 bridgehead atoms. The Kier molecular flexibility index (Phi) is 7.05. The van der Waals surface area contributed by atoms with E-state index in [1.54, 1.807) is 0 Å². The summed E-state index contributed by atoms with van der Waals surface area (Å²) in [7, 11) is 0. The molecule has 1 unspecified atom stereocenters. The van der Waals surface area contributed by atoms with Crippen LogP contribution in [0.2, 0.25) is 0 Å². The van der Waals surface area contributed by atoms with Crippen LogP contribution in [0, 0.1) is 0 Å². The first kappa shape index (κ1) is 24.2. The Labute approximate surface area is 223 Å². The predicted octanol–water partition coefficient (Wildman–Crippen LogP) is 7.01. The van der Waals surface area contributed by atoms with Gasteiger partial charge >= 0.3 is 0 Å². The number of aromatic nitrogens is 2. The fourth-order valence-electron chi connectivity index (χ4n) is 5.30. The van der Waals surface area contributed by atoms with Crippen molar-refractivity contribution in [3.8, 4) is 0 Å². The highest BCUT2D eigenvalue weighted by Gasteiger charge is 2.20. The third-order valence-corrected chi connectivity index (χ3v) is 7.20. The van der Waals surface area contributed by atoms with Crippen LogP contribution in [0.25, 0.3) is 28.1 Å². The Morgan fingerprint density at radius 2 is 1.82 bits per heavy atom. The summed E-state index contributed by atoms with van der Waals surface area (Å²) < 4.78 is 8.07. The van der Waals surface area contributed by atoms with Crippen LogP contribution in [0.5, 0.6) is 0 Å². The summed E-state index contributed by atoms with van der Waals surface area (Å²) in [5, 5.41) is 12.9. The second kappa shape index (κ2) is 11.1. The van der Waals surface area contributed by atoms with Gasteiger partial charge in [-0.05, 0) is 77.3 Å². The molecule has 1 saturated heterocycles. The van der Waals surface area contributed by atoms with Crippen molar-refractivity contribution in [2.24, 2.45) is 5.16 Å². The smallest absolute Gasteiger partial charge is 0.188 e. The number of hydrogen-bond acceptors (Lipinski definition) is 5. The quantitative estimate of drug-likeness (QED) is 0.275. The molecule has 38 heavy (non-hydrogen) atoms. The number of oxime groups is 1. The fourth-order valence-corrected chi connectivity index (χ4v) is 5.30. The van der Waals surface area contributed by atoms with Crippen LogP contribution < -0.4 is 5.32 Å². The van der Waals surface area contributed by atoms with Crippen molar-refractivity contribution in [1.82, 2.24) is 15.1 Å². The number of ether oxygens (including phenoxy) is 1. The van der Waals surface area contributed by atoms with Crippen molar-refractivity contribution in [2.45, 2.75) is 38.8 Å². The van der Waals surface area contributed by atoms with Crippen LogP contribution >= 0.6 is 0 Å². The van der Waals surface area contributed by atoms with Crippen LogP contribution in [0.4, 0.5) is 0 Å². The van der Waals surface area contributed by atoms with Crippen LogP contribution in [0.15, 0.2) is 90.2 Å². The van der Waals surface area contributed by atoms with E-state index in [0.29, 0.717) is 6.73 Å². The number of nitrogens with zero attached hydrogens (tertiary/aromatic N) is 3. The van der Waals surface area contributed by atoms with Gasteiger partial charge in [-0.25, -0.2) is 4.68 Å². The number of hydrogen-bond donors (Lipinski definition) is 1. The minimum atomic E-state index is 0.0233. The highest BCUT2D eigenvalue weighted by molar-refractivity contribution is 6.01. The van der Waals surface area contributed by atoms with Gasteiger partial charge in [-0.3, -0.25) is 0 Å². The standard InChI is InChI=1S/C32H32N4O2/c1-2-28(24-8-4-3-5-9-24)32(25-14-11-23(12-15-25)13-18-30-33-22-38-35-30)26-16-17-29-27(20-26)21-34-36(29)31-10-6-7-19-37-31/h3-5,8-9,11-18,20-21,31H,2,6-7,10,19,22H2,1H3,(H,33,35). The van der Waals surface area contributed by atoms with Gasteiger partial charge in [-0.15, -0.1) is 0 Å². The Morgan fingerprint density at radius 3 is 2.55 bits per heavy atom. The van der Waals surface area contributed by atoms with Gasteiger partial charge in [-0.1, -0.05) is 78.8 Å². The molecule has 4 aromatic rings. The first-order chi connectivity index (χ1) is 18.8. The third-order valence-electron chi connectivity index (χ3n) is 7.20. The van der Waals surface area contributed by atoms with Gasteiger partial charge in [0.15, 0.2) is 18.8 Å². The lowest BCUT2D eigenvalue weighted by atomic mass is 9.87. The van der Waals surface area contributed by atoms with E-state index in [9.17, 15) is 0 Å². The molecule has 2 aliphatic rings. The van der Waals surface area contributed by atoms with Crippen molar-refractivity contribution in [1.29, 1.82) is 0 Å². The van der Waals surface area contributed by atoms with Gasteiger partial charge in [0.2, 0.25) is 0 Å². The Bertz CT molecular complexity index is 1490. The molecule has 0 spiro atoms. The molecule has 3 heterocycles. The maximum atomic E-state index is 6.02. The summed E-state index contributed by atoms with van der Waals surface area (Å²) in [6, 6.07) is 26.1. The van der Waals surface area contributed by atoms with Crippen LogP contribution in [0.1, 0.15) is 61.1 Å². The Hall–Kier alpha value is -4.16. The fraction of sp³-hybridized carbons (Fsp3) is 0.250. The molecule has 6 nitrogen and oxygen atoms in total. The maximum Gasteiger partial charge on any atom is 0.188 e. The van der Waals surface area contributed by atoms with Crippen molar-refractivity contribution in [2.75, 3.05) is 13.3 Å². The highest BCUT2D eigenvalue weighted by atomic mass is 16.6. The Balaban J connectivity index is 1.41. The topological polar surface area (TPSA) is 60.7 Å². The molecular formula is C32H32N4O2. The molecule has 192 valence electrons. The lowest BCUT2D eigenvalue weighted by Crippen LogP contribution is -2.18. The normalized spacial score (nSPS) is 18.2. The number of amidine groups is 1. The number of benzene rings is 3. The molecule has 1 N–H and O–H groups in total. The van der Waals surface area contributed by atoms with E-state index in [1.165, 1.54) is 34.3 Å². The molecule has 2 aliphatic heterocycles. The molecule has 0 radical (unpaired) electrons. The minimum Gasteiger partial charge on any atom is -0.372 e. The summed E-state index contributed by atoms with van der Waals surface area (Å²) in [5.74, 6) is 0.736. The molecule has 3 aromatic carbocycles. The van der Waals surface area contributed by atoms with Gasteiger partial charge in [-0.2, -0.15) is 5.10 Å². The van der Waals surface area contributed by atoms with E-state index in [-0.39, 0.29) is 6.23 Å². The first-order valence-corrected chi connectivity index (χ1v) is 13.4. The molecule has 1 atom stereocenters. The number of allylic oxidation sites excluding steroid dienone is 1. The first-order valence-electron chi connectivity index (χ1n) is 13.4. The third kappa shape index (κ3) is 5.00. The average molecular weight is 505 g/mol. The summed E-state index contributed by atoms with van der Waals surface area (Å²) in [5.41, 5.74) is 8.39. The number of rotatable bonds is 7. The van der Waals surface area contributed by atoms with Gasteiger partial charge in [0.1, 0.15) is 0 Å². The largest absolute Gasteiger partial charge is 0.372 e. The predicted molar refractivity (Wildman–Crippen MR) is 153 cm³/mol. The van der Waals surface area contributed by atoms with Crippen molar-refractivity contribution in [3.63, 3.8) is 0 Å². The zero-order valence-electron chi connectivity index (χ0n) is 21.6. The average Bonchev–Trinajstić information content (AvgIpc) is 3.66. The molecule has 6 heteroatoms. The second-order valence-electron chi connectivity index (χ2n) is 9.64. The van der Waals surface area contributed by atoms with Crippen molar-refractivity contribution < 1.29 is 9.57 Å². The summed E-state index contributed by atoms with van der Waals surface area (Å²) in [6.45, 7) is 3.45. The SMILES string of the molecule is CCC(=C(c1ccc(C=CC2=NOCN2)cc1)c1ccc2c(cnn2C2CCCCO2)c1)c1ccccc1. The highest BCUT2D eigenvalue weighted by Crippen LogP contribution is 2.36. The van der Waals surface area contributed by atoms with Crippen LogP contribution in [0.3, 0.4) is 0 Å². The maximum absolute atomic E-state index is 6.02. The molecule has 0 saturated carbocycles. The van der Waals surface area contributed by atoms with E-state index in [0.717, 1.165) is 48.2 Å². The minimum absolute atomic E-state index is 0.0233. The zero-order chi connectivity index (χ0) is 25.7. The molecule has 1 aromatic heterocycles. The van der Waals surface area contributed by atoms with E-state index in [2.05, 4.69) is 94.9 Å². The lowest BCUT2D eigenvalue weighted by Gasteiger charge is -2.23. The molecular weight excluding hydrogens is 472 g/mol. The van der Waals surface area contributed by atoms with Gasteiger partial charge in [0.05, 0.1) is 11.7 Å². The van der Waals surface area contributed by atoms with E-state index in [1.807, 2.05) is 18.3 Å². The molecule has 6 rings (SSSR count). The van der Waals surface area contributed by atoms with Gasteiger partial charge < -0.3 is 14.9 Å².